The Morgan fingerprint density at radius 2 is 1.81 bits per heavy atom. The Kier molecular flexibility index (Phi) is 8.42. The van der Waals surface area contributed by atoms with Crippen LogP contribution < -0.4 is 10.0 Å². The molecule has 2 N–H and O–H groups in total. The van der Waals surface area contributed by atoms with Crippen LogP contribution in [0, 0.1) is 0 Å². The number of hydrogen-bond donors (Lipinski definition) is 2. The van der Waals surface area contributed by atoms with Crippen molar-refractivity contribution in [2.75, 3.05) is 12.0 Å². The van der Waals surface area contributed by atoms with Crippen molar-refractivity contribution in [1.82, 2.24) is 10.0 Å². The number of alkyl carbamates (subject to hydrolysis) is 1. The van der Waals surface area contributed by atoms with Crippen molar-refractivity contribution in [1.29, 1.82) is 0 Å². The molecule has 0 fully saturated rings. The fraction of sp³-hybridized carbons (Fsp3) is 0.529. The maximum Gasteiger partial charge on any atom is 0.408 e. The fourth-order valence-corrected chi connectivity index (χ4v) is 3.63. The molecule has 2 amide bonds. The fourth-order valence-electron chi connectivity index (χ4n) is 2.01. The molecule has 0 heterocycles. The minimum absolute atomic E-state index is 0.285. The summed E-state index contributed by atoms with van der Waals surface area (Å²) >= 11 is 1.49. The van der Waals surface area contributed by atoms with Gasteiger partial charge in [-0.1, -0.05) is 30.3 Å². The molecule has 1 aromatic rings. The average molecular weight is 403 g/mol. The highest BCUT2D eigenvalue weighted by atomic mass is 32.2. The van der Waals surface area contributed by atoms with Gasteiger partial charge in [0.15, 0.2) is 0 Å². The lowest BCUT2D eigenvalue weighted by atomic mass is 10.2. The quantitative estimate of drug-likeness (QED) is 0.692. The van der Waals surface area contributed by atoms with Crippen molar-refractivity contribution >= 4 is 33.8 Å². The van der Waals surface area contributed by atoms with E-state index in [1.807, 2.05) is 11.0 Å². The van der Waals surface area contributed by atoms with Crippen molar-refractivity contribution in [3.05, 3.63) is 35.9 Å². The van der Waals surface area contributed by atoms with E-state index in [1.54, 1.807) is 51.1 Å². The Morgan fingerprint density at radius 1 is 1.19 bits per heavy atom. The van der Waals surface area contributed by atoms with Gasteiger partial charge in [0, 0.05) is 0 Å². The lowest BCUT2D eigenvalue weighted by molar-refractivity contribution is -0.121. The summed E-state index contributed by atoms with van der Waals surface area (Å²) in [6, 6.07) is 7.54. The zero-order valence-electron chi connectivity index (χ0n) is 15.4. The van der Waals surface area contributed by atoms with E-state index in [2.05, 4.69) is 5.32 Å². The molecule has 9 heteroatoms. The number of nitrogens with one attached hydrogen (secondary N) is 2. The Labute approximate surface area is 159 Å². The van der Waals surface area contributed by atoms with E-state index in [0.717, 1.165) is 0 Å². The SMILES string of the molecule is CSCC[C@H](NC(=O)OC(C)(C)C)C(=O)NS(=O)(=O)Cc1ccccc1. The van der Waals surface area contributed by atoms with Gasteiger partial charge in [0.05, 0.1) is 5.75 Å². The minimum atomic E-state index is -3.87. The van der Waals surface area contributed by atoms with Crippen LogP contribution in [-0.2, 0) is 25.3 Å². The third kappa shape index (κ3) is 9.10. The molecule has 0 radical (unpaired) electrons. The number of rotatable bonds is 8. The molecule has 0 aliphatic heterocycles. The second kappa shape index (κ2) is 9.82. The molecule has 0 unspecified atom stereocenters. The highest BCUT2D eigenvalue weighted by molar-refractivity contribution is 7.98. The Bertz CT molecular complexity index is 700. The Morgan fingerprint density at radius 3 is 2.35 bits per heavy atom. The molecule has 7 nitrogen and oxygen atoms in total. The van der Waals surface area contributed by atoms with Crippen LogP contribution in [0.4, 0.5) is 4.79 Å². The number of hydrogen-bond acceptors (Lipinski definition) is 6. The molecular formula is C17H26N2O5S2. The number of ether oxygens (including phenoxy) is 1. The standard InChI is InChI=1S/C17H26N2O5S2/c1-17(2,3)24-16(21)18-14(10-11-25-4)15(20)19-26(22,23)12-13-8-6-5-7-9-13/h5-9,14H,10-12H2,1-4H3,(H,18,21)(H,19,20)/t14-/m0/s1. The zero-order chi connectivity index (χ0) is 19.8. The summed E-state index contributed by atoms with van der Waals surface area (Å²) in [6.45, 7) is 5.11. The summed E-state index contributed by atoms with van der Waals surface area (Å²) in [5, 5.41) is 2.44. The first-order valence-electron chi connectivity index (χ1n) is 8.09. The number of sulfonamides is 1. The number of carbonyl (C=O) groups excluding carboxylic acids is 2. The van der Waals surface area contributed by atoms with Gasteiger partial charge >= 0.3 is 6.09 Å². The first-order valence-corrected chi connectivity index (χ1v) is 11.1. The minimum Gasteiger partial charge on any atom is -0.444 e. The maximum absolute atomic E-state index is 12.4. The van der Waals surface area contributed by atoms with E-state index in [4.69, 9.17) is 4.74 Å². The van der Waals surface area contributed by atoms with Crippen molar-refractivity contribution in [2.45, 2.75) is 44.6 Å². The summed E-state index contributed by atoms with van der Waals surface area (Å²) in [5.41, 5.74) is -0.155. The van der Waals surface area contributed by atoms with Crippen molar-refractivity contribution in [3.8, 4) is 0 Å². The maximum atomic E-state index is 12.4. The first kappa shape index (κ1) is 22.3. The monoisotopic (exact) mass is 402 g/mol. The van der Waals surface area contributed by atoms with Crippen LogP contribution in [0.5, 0.6) is 0 Å². The summed E-state index contributed by atoms with van der Waals surface area (Å²) in [7, 11) is -3.87. The van der Waals surface area contributed by atoms with Crippen LogP contribution in [-0.4, -0.2) is 44.1 Å². The highest BCUT2D eigenvalue weighted by Gasteiger charge is 2.27. The van der Waals surface area contributed by atoms with E-state index < -0.39 is 33.7 Å². The normalized spacial score (nSPS) is 12.9. The predicted octanol–water partition coefficient (Wildman–Crippen LogP) is 2.28. The van der Waals surface area contributed by atoms with Gasteiger partial charge in [0.25, 0.3) is 5.91 Å². The van der Waals surface area contributed by atoms with E-state index in [9.17, 15) is 18.0 Å². The first-order chi connectivity index (χ1) is 12.0. The van der Waals surface area contributed by atoms with Crippen LogP contribution in [0.1, 0.15) is 32.8 Å². The van der Waals surface area contributed by atoms with Crippen molar-refractivity contribution in [3.63, 3.8) is 0 Å². The van der Waals surface area contributed by atoms with Gasteiger partial charge in [-0.05, 0) is 44.8 Å². The molecular weight excluding hydrogens is 376 g/mol. The molecule has 0 aromatic heterocycles. The second-order valence-electron chi connectivity index (χ2n) is 6.69. The molecule has 1 atom stereocenters. The van der Waals surface area contributed by atoms with Crippen LogP contribution >= 0.6 is 11.8 Å². The molecule has 26 heavy (non-hydrogen) atoms. The number of benzene rings is 1. The predicted molar refractivity (Wildman–Crippen MR) is 103 cm³/mol. The van der Waals surface area contributed by atoms with Gasteiger partial charge in [0.1, 0.15) is 11.6 Å². The number of thioether (sulfide) groups is 1. The molecule has 0 aliphatic carbocycles. The molecule has 0 spiro atoms. The lowest BCUT2D eigenvalue weighted by Crippen LogP contribution is -2.50. The van der Waals surface area contributed by atoms with E-state index in [1.165, 1.54) is 11.8 Å². The lowest BCUT2D eigenvalue weighted by Gasteiger charge is -2.23. The largest absolute Gasteiger partial charge is 0.444 e. The third-order valence-electron chi connectivity index (χ3n) is 3.07. The summed E-state index contributed by atoms with van der Waals surface area (Å²) in [4.78, 5) is 24.3. The van der Waals surface area contributed by atoms with Gasteiger partial charge < -0.3 is 10.1 Å². The smallest absolute Gasteiger partial charge is 0.408 e. The Balaban J connectivity index is 2.76. The van der Waals surface area contributed by atoms with Gasteiger partial charge in [0.2, 0.25) is 10.0 Å². The average Bonchev–Trinajstić information content (AvgIpc) is 2.49. The van der Waals surface area contributed by atoms with Crippen LogP contribution in [0.15, 0.2) is 30.3 Å². The van der Waals surface area contributed by atoms with Crippen LogP contribution in [0.3, 0.4) is 0 Å². The number of carbonyl (C=O) groups is 2. The highest BCUT2D eigenvalue weighted by Crippen LogP contribution is 2.09. The molecule has 0 bridgehead atoms. The molecule has 0 aliphatic rings. The van der Waals surface area contributed by atoms with Gasteiger partial charge in [-0.25, -0.2) is 13.2 Å². The van der Waals surface area contributed by atoms with Gasteiger partial charge in [-0.2, -0.15) is 11.8 Å². The summed E-state index contributed by atoms with van der Waals surface area (Å²) < 4.78 is 31.6. The van der Waals surface area contributed by atoms with Gasteiger partial charge in [-0.15, -0.1) is 0 Å². The van der Waals surface area contributed by atoms with Crippen molar-refractivity contribution < 1.29 is 22.7 Å². The molecule has 1 aromatic carbocycles. The Hall–Kier alpha value is -1.74. The zero-order valence-corrected chi connectivity index (χ0v) is 17.1. The van der Waals surface area contributed by atoms with Crippen LogP contribution in [0.2, 0.25) is 0 Å². The van der Waals surface area contributed by atoms with E-state index in [-0.39, 0.29) is 12.2 Å². The summed E-state index contributed by atoms with van der Waals surface area (Å²) in [5.74, 6) is -0.519. The van der Waals surface area contributed by atoms with E-state index >= 15 is 0 Å². The number of amides is 2. The molecule has 0 saturated heterocycles. The molecule has 146 valence electrons. The summed E-state index contributed by atoms with van der Waals surface area (Å²) in [6.07, 6.45) is 1.38. The van der Waals surface area contributed by atoms with Crippen molar-refractivity contribution in [2.24, 2.45) is 0 Å². The topological polar surface area (TPSA) is 102 Å². The molecule has 0 saturated carbocycles. The second-order valence-corrected chi connectivity index (χ2v) is 9.40. The third-order valence-corrected chi connectivity index (χ3v) is 4.94. The van der Waals surface area contributed by atoms with E-state index in [0.29, 0.717) is 11.3 Å². The van der Waals surface area contributed by atoms with Gasteiger partial charge in [-0.3, -0.25) is 9.52 Å². The van der Waals surface area contributed by atoms with Crippen LogP contribution in [0.25, 0.3) is 0 Å². The molecule has 1 rings (SSSR count).